The van der Waals surface area contributed by atoms with Crippen LogP contribution in [0.1, 0.15) is 19.3 Å². The van der Waals surface area contributed by atoms with E-state index in [4.69, 9.17) is 4.74 Å². The Labute approximate surface area is 67.1 Å². The lowest BCUT2D eigenvalue weighted by Gasteiger charge is -2.00. The zero-order valence-corrected chi connectivity index (χ0v) is 6.93. The van der Waals surface area contributed by atoms with Gasteiger partial charge in [-0.2, -0.15) is 0 Å². The average Bonchev–Trinajstić information content (AvgIpc) is 2.72. The molecule has 0 aromatic rings. The molecule has 0 aromatic heterocycles. The first-order chi connectivity index (χ1) is 5.33. The van der Waals surface area contributed by atoms with Crippen molar-refractivity contribution in [1.82, 2.24) is 5.32 Å². The second kappa shape index (κ2) is 4.46. The molecule has 0 amide bonds. The minimum absolute atomic E-state index is 0.181. The van der Waals surface area contributed by atoms with Gasteiger partial charge >= 0.3 is 0 Å². The standard InChI is InChI=1S/C8H15NO2/c1-11-6-8(10)4-5-9-7-2-3-7/h7,9H,2-6H2,1H3. The number of nitrogens with one attached hydrogen (secondary N) is 1. The van der Waals surface area contributed by atoms with Crippen molar-refractivity contribution >= 4 is 5.78 Å². The van der Waals surface area contributed by atoms with Crippen molar-refractivity contribution in [3.8, 4) is 0 Å². The summed E-state index contributed by atoms with van der Waals surface area (Å²) >= 11 is 0. The number of ketones is 1. The first-order valence-corrected chi connectivity index (χ1v) is 4.07. The van der Waals surface area contributed by atoms with Crippen molar-refractivity contribution in [2.45, 2.75) is 25.3 Å². The van der Waals surface area contributed by atoms with Crippen LogP contribution in [0.25, 0.3) is 0 Å². The van der Waals surface area contributed by atoms with Gasteiger partial charge in [0.15, 0.2) is 5.78 Å². The highest BCUT2D eigenvalue weighted by Crippen LogP contribution is 2.18. The Morgan fingerprint density at radius 1 is 1.64 bits per heavy atom. The quantitative estimate of drug-likeness (QED) is 0.604. The Bertz CT molecular complexity index is 132. The van der Waals surface area contributed by atoms with E-state index < -0.39 is 0 Å². The number of carbonyl (C=O) groups is 1. The van der Waals surface area contributed by atoms with E-state index >= 15 is 0 Å². The van der Waals surface area contributed by atoms with Crippen LogP contribution >= 0.6 is 0 Å². The molecule has 1 N–H and O–H groups in total. The third-order valence-corrected chi connectivity index (χ3v) is 1.72. The predicted molar refractivity (Wildman–Crippen MR) is 42.5 cm³/mol. The highest BCUT2D eigenvalue weighted by Gasteiger charge is 2.19. The number of carbonyl (C=O) groups excluding carboxylic acids is 1. The van der Waals surface area contributed by atoms with Gasteiger partial charge in [0.25, 0.3) is 0 Å². The Morgan fingerprint density at radius 2 is 2.36 bits per heavy atom. The Balaban J connectivity index is 1.88. The number of methoxy groups -OCH3 is 1. The van der Waals surface area contributed by atoms with Crippen LogP contribution in [0.4, 0.5) is 0 Å². The van der Waals surface area contributed by atoms with Crippen LogP contribution in [0, 0.1) is 0 Å². The zero-order valence-electron chi connectivity index (χ0n) is 6.93. The lowest BCUT2D eigenvalue weighted by atomic mass is 10.3. The van der Waals surface area contributed by atoms with Crippen molar-refractivity contribution < 1.29 is 9.53 Å². The molecule has 11 heavy (non-hydrogen) atoms. The smallest absolute Gasteiger partial charge is 0.159 e. The summed E-state index contributed by atoms with van der Waals surface area (Å²) in [6.45, 7) is 1.07. The zero-order chi connectivity index (χ0) is 8.10. The van der Waals surface area contributed by atoms with E-state index in [1.54, 1.807) is 7.11 Å². The average molecular weight is 157 g/mol. The predicted octanol–water partition coefficient (Wildman–Crippen LogP) is 0.344. The summed E-state index contributed by atoms with van der Waals surface area (Å²) in [5.74, 6) is 0.181. The largest absolute Gasteiger partial charge is 0.377 e. The second-order valence-electron chi connectivity index (χ2n) is 2.95. The first kappa shape index (κ1) is 8.68. The van der Waals surface area contributed by atoms with E-state index in [-0.39, 0.29) is 12.4 Å². The topological polar surface area (TPSA) is 38.3 Å². The molecule has 0 heterocycles. The summed E-state index contributed by atoms with van der Waals surface area (Å²) in [5.41, 5.74) is 0. The second-order valence-corrected chi connectivity index (χ2v) is 2.95. The van der Waals surface area contributed by atoms with Crippen LogP contribution in [0.15, 0.2) is 0 Å². The van der Waals surface area contributed by atoms with Crippen LogP contribution in [0.2, 0.25) is 0 Å². The number of hydrogen-bond donors (Lipinski definition) is 1. The maximum absolute atomic E-state index is 10.9. The van der Waals surface area contributed by atoms with Gasteiger partial charge in [-0.25, -0.2) is 0 Å². The van der Waals surface area contributed by atoms with Gasteiger partial charge in [0, 0.05) is 26.1 Å². The number of Topliss-reactive ketones (excluding diaryl/α,β-unsaturated/α-hetero) is 1. The Hall–Kier alpha value is -0.410. The molecule has 0 aromatic carbocycles. The van der Waals surface area contributed by atoms with Gasteiger partial charge in [0.05, 0.1) is 0 Å². The molecule has 1 fully saturated rings. The van der Waals surface area contributed by atoms with Crippen molar-refractivity contribution in [3.05, 3.63) is 0 Å². The van der Waals surface area contributed by atoms with Crippen LogP contribution in [0.5, 0.6) is 0 Å². The lowest BCUT2D eigenvalue weighted by Crippen LogP contribution is -2.21. The summed E-state index contributed by atoms with van der Waals surface area (Å²) in [5, 5.41) is 3.27. The van der Waals surface area contributed by atoms with E-state index in [1.165, 1.54) is 12.8 Å². The molecule has 0 bridgehead atoms. The third-order valence-electron chi connectivity index (χ3n) is 1.72. The number of rotatable bonds is 6. The minimum atomic E-state index is 0.181. The van der Waals surface area contributed by atoms with Gasteiger partial charge < -0.3 is 10.1 Å². The van der Waals surface area contributed by atoms with Gasteiger partial charge in [-0.15, -0.1) is 0 Å². The first-order valence-electron chi connectivity index (χ1n) is 4.07. The lowest BCUT2D eigenvalue weighted by molar-refractivity contribution is -0.122. The van der Waals surface area contributed by atoms with Gasteiger partial charge in [0.2, 0.25) is 0 Å². The molecule has 0 saturated heterocycles. The molecule has 1 aliphatic carbocycles. The van der Waals surface area contributed by atoms with E-state index in [0.717, 1.165) is 6.54 Å². The van der Waals surface area contributed by atoms with Gasteiger partial charge in [-0.1, -0.05) is 0 Å². The molecule has 3 heteroatoms. The molecule has 0 spiro atoms. The van der Waals surface area contributed by atoms with Gasteiger partial charge in [-0.3, -0.25) is 4.79 Å². The summed E-state index contributed by atoms with van der Waals surface area (Å²) in [6, 6.07) is 0.699. The van der Waals surface area contributed by atoms with Crippen molar-refractivity contribution in [3.63, 3.8) is 0 Å². The molecule has 1 aliphatic rings. The number of ether oxygens (including phenoxy) is 1. The molecule has 0 unspecified atom stereocenters. The fourth-order valence-corrected chi connectivity index (χ4v) is 0.936. The molecular weight excluding hydrogens is 142 g/mol. The molecule has 3 nitrogen and oxygen atoms in total. The molecule has 1 rings (SSSR count). The highest BCUT2D eigenvalue weighted by atomic mass is 16.5. The maximum atomic E-state index is 10.9. The SMILES string of the molecule is COCC(=O)CCNC1CC1. The van der Waals surface area contributed by atoms with Gasteiger partial charge in [-0.05, 0) is 12.8 Å². The van der Waals surface area contributed by atoms with Crippen LogP contribution in [0.3, 0.4) is 0 Å². The van der Waals surface area contributed by atoms with Crippen LogP contribution in [-0.4, -0.2) is 32.1 Å². The Morgan fingerprint density at radius 3 is 2.91 bits per heavy atom. The van der Waals surface area contributed by atoms with E-state index in [9.17, 15) is 4.79 Å². The molecule has 0 atom stereocenters. The summed E-state index contributed by atoms with van der Waals surface area (Å²) in [4.78, 5) is 10.9. The highest BCUT2D eigenvalue weighted by molar-refractivity contribution is 5.79. The van der Waals surface area contributed by atoms with Crippen LogP contribution < -0.4 is 5.32 Å². The summed E-state index contributed by atoms with van der Waals surface area (Å²) < 4.78 is 4.70. The number of hydrogen-bond acceptors (Lipinski definition) is 3. The molecule has 64 valence electrons. The fraction of sp³-hybridized carbons (Fsp3) is 0.875. The monoisotopic (exact) mass is 157 g/mol. The summed E-state index contributed by atoms with van der Waals surface area (Å²) in [6.07, 6.45) is 3.15. The normalized spacial score (nSPS) is 16.8. The molecule has 0 aliphatic heterocycles. The van der Waals surface area contributed by atoms with E-state index in [1.807, 2.05) is 0 Å². The van der Waals surface area contributed by atoms with Crippen molar-refractivity contribution in [2.75, 3.05) is 20.3 Å². The van der Waals surface area contributed by atoms with E-state index in [0.29, 0.717) is 12.5 Å². The van der Waals surface area contributed by atoms with Crippen molar-refractivity contribution in [2.24, 2.45) is 0 Å². The molecular formula is C8H15NO2. The molecule has 0 radical (unpaired) electrons. The maximum Gasteiger partial charge on any atom is 0.159 e. The summed E-state index contributed by atoms with van der Waals surface area (Å²) in [7, 11) is 1.55. The van der Waals surface area contributed by atoms with Crippen molar-refractivity contribution in [1.29, 1.82) is 0 Å². The Kier molecular flexibility index (Phi) is 3.52. The minimum Gasteiger partial charge on any atom is -0.377 e. The van der Waals surface area contributed by atoms with Gasteiger partial charge in [0.1, 0.15) is 6.61 Å². The fourth-order valence-electron chi connectivity index (χ4n) is 0.936. The van der Waals surface area contributed by atoms with Crippen LogP contribution in [-0.2, 0) is 9.53 Å². The van der Waals surface area contributed by atoms with E-state index in [2.05, 4.69) is 5.32 Å². The third kappa shape index (κ3) is 4.11. The molecule has 1 saturated carbocycles.